The third-order valence-corrected chi connectivity index (χ3v) is 3.03. The van der Waals surface area contributed by atoms with Gasteiger partial charge in [0.15, 0.2) is 0 Å². The number of benzene rings is 1. The molecule has 0 bridgehead atoms. The van der Waals surface area contributed by atoms with E-state index in [-0.39, 0.29) is 5.56 Å². The summed E-state index contributed by atoms with van der Waals surface area (Å²) in [7, 11) is 0. The van der Waals surface area contributed by atoms with Crippen LogP contribution in [0.5, 0.6) is 0 Å². The Balaban J connectivity index is 3.04. The Hall–Kier alpha value is -1.60. The van der Waals surface area contributed by atoms with Crippen molar-refractivity contribution in [2.75, 3.05) is 13.1 Å². The number of carbonyl (C=O) groups excluding carboxylic acids is 3. The molecule has 0 saturated heterocycles. The fourth-order valence-electron chi connectivity index (χ4n) is 1.41. The van der Waals surface area contributed by atoms with Crippen LogP contribution >= 0.6 is 27.5 Å². The number of rotatable bonds is 5. The van der Waals surface area contributed by atoms with E-state index in [1.54, 1.807) is 0 Å². The summed E-state index contributed by atoms with van der Waals surface area (Å²) in [4.78, 5) is 35.0. The standard InChI is InChI=1S/C11H11BrClN3O3/c12-8-3-6(13)1-2-7(8)11(19)16(4-9(14)17)5-10(15)18/h1-3H,4-5H2,(H2,14,17)(H2,15,18). The summed E-state index contributed by atoms with van der Waals surface area (Å²) in [6.45, 7) is -0.784. The van der Waals surface area contributed by atoms with Gasteiger partial charge in [0.05, 0.1) is 5.56 Å². The van der Waals surface area contributed by atoms with E-state index >= 15 is 0 Å². The van der Waals surface area contributed by atoms with Gasteiger partial charge in [0, 0.05) is 9.50 Å². The topological polar surface area (TPSA) is 106 Å². The van der Waals surface area contributed by atoms with Gasteiger partial charge in [0.25, 0.3) is 5.91 Å². The van der Waals surface area contributed by atoms with Gasteiger partial charge in [-0.3, -0.25) is 14.4 Å². The zero-order chi connectivity index (χ0) is 14.6. The Morgan fingerprint density at radius 3 is 2.11 bits per heavy atom. The molecule has 6 nitrogen and oxygen atoms in total. The molecule has 0 aliphatic carbocycles. The number of carbonyl (C=O) groups is 3. The molecule has 0 fully saturated rings. The highest BCUT2D eigenvalue weighted by Crippen LogP contribution is 2.22. The van der Waals surface area contributed by atoms with E-state index < -0.39 is 30.8 Å². The van der Waals surface area contributed by atoms with Crippen LogP contribution in [0.2, 0.25) is 5.02 Å². The first-order valence-corrected chi connectivity index (χ1v) is 6.29. The molecule has 8 heteroatoms. The van der Waals surface area contributed by atoms with Crippen LogP contribution in [-0.2, 0) is 9.59 Å². The van der Waals surface area contributed by atoms with Crippen LogP contribution in [0.1, 0.15) is 10.4 Å². The largest absolute Gasteiger partial charge is 0.368 e. The lowest BCUT2D eigenvalue weighted by Crippen LogP contribution is -2.43. The fourth-order valence-corrected chi connectivity index (χ4v) is 2.26. The lowest BCUT2D eigenvalue weighted by atomic mass is 10.2. The Labute approximate surface area is 122 Å². The molecule has 0 radical (unpaired) electrons. The summed E-state index contributed by atoms with van der Waals surface area (Å²) >= 11 is 8.95. The molecule has 0 aliphatic heterocycles. The molecule has 0 aliphatic rings. The molecular formula is C11H11BrClN3O3. The lowest BCUT2D eigenvalue weighted by Gasteiger charge is -2.20. The number of primary amides is 2. The number of nitrogens with two attached hydrogens (primary N) is 2. The average molecular weight is 349 g/mol. The van der Waals surface area contributed by atoms with Gasteiger partial charge in [0.2, 0.25) is 11.8 Å². The van der Waals surface area contributed by atoms with E-state index in [9.17, 15) is 14.4 Å². The number of hydrogen-bond acceptors (Lipinski definition) is 3. The van der Waals surface area contributed by atoms with Crippen molar-refractivity contribution in [1.29, 1.82) is 0 Å². The molecule has 3 amide bonds. The van der Waals surface area contributed by atoms with Crippen molar-refractivity contribution in [1.82, 2.24) is 4.90 Å². The SMILES string of the molecule is NC(=O)CN(CC(N)=O)C(=O)c1ccc(Cl)cc1Br. The van der Waals surface area contributed by atoms with Crippen molar-refractivity contribution in [3.63, 3.8) is 0 Å². The van der Waals surface area contributed by atoms with Crippen molar-refractivity contribution >= 4 is 45.3 Å². The van der Waals surface area contributed by atoms with Crippen molar-refractivity contribution < 1.29 is 14.4 Å². The first-order chi connectivity index (χ1) is 8.81. The van der Waals surface area contributed by atoms with Crippen molar-refractivity contribution in [3.8, 4) is 0 Å². The van der Waals surface area contributed by atoms with E-state index in [4.69, 9.17) is 23.1 Å². The van der Waals surface area contributed by atoms with Crippen LogP contribution in [0.15, 0.2) is 22.7 Å². The zero-order valence-electron chi connectivity index (χ0n) is 9.73. The third kappa shape index (κ3) is 4.53. The number of amides is 3. The summed E-state index contributed by atoms with van der Waals surface area (Å²) in [6.07, 6.45) is 0. The van der Waals surface area contributed by atoms with E-state index in [0.29, 0.717) is 9.50 Å². The molecule has 0 saturated carbocycles. The van der Waals surface area contributed by atoms with Gasteiger partial charge in [-0.2, -0.15) is 0 Å². The van der Waals surface area contributed by atoms with Crippen molar-refractivity contribution in [2.24, 2.45) is 11.5 Å². The van der Waals surface area contributed by atoms with Gasteiger partial charge in [-0.15, -0.1) is 0 Å². The lowest BCUT2D eigenvalue weighted by molar-refractivity contribution is -0.121. The molecule has 19 heavy (non-hydrogen) atoms. The Morgan fingerprint density at radius 2 is 1.68 bits per heavy atom. The molecular weight excluding hydrogens is 337 g/mol. The third-order valence-electron chi connectivity index (χ3n) is 2.14. The van der Waals surface area contributed by atoms with E-state index in [2.05, 4.69) is 15.9 Å². The maximum Gasteiger partial charge on any atom is 0.255 e. The molecule has 1 rings (SSSR count). The van der Waals surface area contributed by atoms with Gasteiger partial charge in [0.1, 0.15) is 13.1 Å². The second kappa shape index (κ2) is 6.53. The average Bonchev–Trinajstić information content (AvgIpc) is 2.26. The maximum absolute atomic E-state index is 12.2. The Bertz CT molecular complexity index is 520. The quantitative estimate of drug-likeness (QED) is 0.810. The second-order valence-electron chi connectivity index (χ2n) is 3.72. The summed E-state index contributed by atoms with van der Waals surface area (Å²) in [5.74, 6) is -2.01. The predicted molar refractivity (Wildman–Crippen MR) is 73.4 cm³/mol. The number of halogens is 2. The monoisotopic (exact) mass is 347 g/mol. The van der Waals surface area contributed by atoms with E-state index in [1.165, 1.54) is 18.2 Å². The fraction of sp³-hybridized carbons (Fsp3) is 0.182. The molecule has 0 heterocycles. The first-order valence-electron chi connectivity index (χ1n) is 5.12. The van der Waals surface area contributed by atoms with Crippen LogP contribution in [-0.4, -0.2) is 35.7 Å². The first kappa shape index (κ1) is 15.5. The minimum absolute atomic E-state index is 0.256. The zero-order valence-corrected chi connectivity index (χ0v) is 12.1. The molecule has 0 unspecified atom stereocenters. The minimum atomic E-state index is -0.736. The highest BCUT2D eigenvalue weighted by atomic mass is 79.9. The minimum Gasteiger partial charge on any atom is -0.368 e. The Kier molecular flexibility index (Phi) is 5.31. The van der Waals surface area contributed by atoms with Crippen molar-refractivity contribution in [3.05, 3.63) is 33.3 Å². The van der Waals surface area contributed by atoms with Gasteiger partial charge < -0.3 is 16.4 Å². The van der Waals surface area contributed by atoms with E-state index in [1.807, 2.05) is 0 Å². The second-order valence-corrected chi connectivity index (χ2v) is 5.01. The molecule has 0 spiro atoms. The molecule has 0 atom stereocenters. The normalized spacial score (nSPS) is 10.0. The van der Waals surface area contributed by atoms with Crippen LogP contribution < -0.4 is 11.5 Å². The van der Waals surface area contributed by atoms with Gasteiger partial charge in [-0.1, -0.05) is 11.6 Å². The molecule has 102 valence electrons. The maximum atomic E-state index is 12.2. The molecule has 1 aromatic carbocycles. The smallest absolute Gasteiger partial charge is 0.255 e. The van der Waals surface area contributed by atoms with Gasteiger partial charge in [-0.25, -0.2) is 0 Å². The van der Waals surface area contributed by atoms with Gasteiger partial charge >= 0.3 is 0 Å². The van der Waals surface area contributed by atoms with Crippen LogP contribution in [0.25, 0.3) is 0 Å². The summed E-state index contributed by atoms with van der Waals surface area (Å²) in [6, 6.07) is 4.53. The van der Waals surface area contributed by atoms with Crippen LogP contribution in [0.3, 0.4) is 0 Å². The summed E-state index contributed by atoms with van der Waals surface area (Å²) in [5, 5.41) is 0.444. The summed E-state index contributed by atoms with van der Waals surface area (Å²) in [5.41, 5.74) is 10.3. The van der Waals surface area contributed by atoms with Crippen LogP contribution in [0.4, 0.5) is 0 Å². The molecule has 4 N–H and O–H groups in total. The van der Waals surface area contributed by atoms with Crippen molar-refractivity contribution in [2.45, 2.75) is 0 Å². The Morgan fingerprint density at radius 1 is 1.16 bits per heavy atom. The van der Waals surface area contributed by atoms with E-state index in [0.717, 1.165) is 4.90 Å². The van der Waals surface area contributed by atoms with Gasteiger partial charge in [-0.05, 0) is 34.1 Å². The highest BCUT2D eigenvalue weighted by Gasteiger charge is 2.21. The predicted octanol–water partition coefficient (Wildman–Crippen LogP) is 0.515. The number of hydrogen-bond donors (Lipinski definition) is 2. The molecule has 1 aromatic rings. The van der Waals surface area contributed by atoms with Crippen LogP contribution in [0, 0.1) is 0 Å². The highest BCUT2D eigenvalue weighted by molar-refractivity contribution is 9.10. The molecule has 0 aromatic heterocycles. The summed E-state index contributed by atoms with van der Waals surface area (Å²) < 4.78 is 0.448. The number of nitrogens with zero attached hydrogens (tertiary/aromatic N) is 1.